The highest BCUT2D eigenvalue weighted by atomic mass is 32.2. The number of nitrogens with one attached hydrogen (secondary N) is 1. The summed E-state index contributed by atoms with van der Waals surface area (Å²) in [5.74, 6) is -1.13. The number of hydrogen-bond acceptors (Lipinski definition) is 5. The van der Waals surface area contributed by atoms with Gasteiger partial charge >= 0.3 is 5.97 Å². The monoisotopic (exact) mass is 302 g/mol. The van der Waals surface area contributed by atoms with Crippen LogP contribution in [0.15, 0.2) is 29.2 Å². The number of hydrogen-bond donors (Lipinski definition) is 2. The summed E-state index contributed by atoms with van der Waals surface area (Å²) >= 11 is 0. The molecule has 8 nitrogen and oxygen atoms in total. The van der Waals surface area contributed by atoms with Crippen molar-refractivity contribution in [2.24, 2.45) is 0 Å². The molecule has 0 heterocycles. The average molecular weight is 302 g/mol. The number of nitrogens with zero attached hydrogens (tertiary/aromatic N) is 1. The highest BCUT2D eigenvalue weighted by Crippen LogP contribution is 2.18. The zero-order valence-electron chi connectivity index (χ0n) is 10.6. The Bertz CT molecular complexity index is 613. The molecule has 0 spiro atoms. The van der Waals surface area contributed by atoms with E-state index in [1.165, 1.54) is 18.2 Å². The van der Waals surface area contributed by atoms with Gasteiger partial charge in [0.2, 0.25) is 10.0 Å². The van der Waals surface area contributed by atoms with E-state index in [0.29, 0.717) is 6.42 Å². The van der Waals surface area contributed by atoms with E-state index in [4.69, 9.17) is 5.11 Å². The Morgan fingerprint density at radius 1 is 1.50 bits per heavy atom. The predicted molar refractivity (Wildman–Crippen MR) is 69.7 cm³/mol. The van der Waals surface area contributed by atoms with Gasteiger partial charge in [-0.2, -0.15) is 0 Å². The van der Waals surface area contributed by atoms with E-state index in [2.05, 4.69) is 4.72 Å². The van der Waals surface area contributed by atoms with Crippen LogP contribution in [0.3, 0.4) is 0 Å². The van der Waals surface area contributed by atoms with Gasteiger partial charge < -0.3 is 5.11 Å². The number of aliphatic carboxylic acids is 1. The van der Waals surface area contributed by atoms with E-state index in [1.54, 1.807) is 6.92 Å². The zero-order valence-corrected chi connectivity index (χ0v) is 11.5. The lowest BCUT2D eigenvalue weighted by molar-refractivity contribution is -0.385. The molecule has 110 valence electrons. The van der Waals surface area contributed by atoms with Crippen molar-refractivity contribution in [1.82, 2.24) is 4.72 Å². The first-order chi connectivity index (χ1) is 9.26. The molecule has 0 aromatic heterocycles. The number of carboxylic acid groups (broad SMARTS) is 1. The third-order valence-electron chi connectivity index (χ3n) is 2.57. The van der Waals surface area contributed by atoms with E-state index >= 15 is 0 Å². The Balaban J connectivity index is 3.01. The first kappa shape index (κ1) is 16.1. The summed E-state index contributed by atoms with van der Waals surface area (Å²) in [6.07, 6.45) is -0.0644. The molecule has 2 N–H and O–H groups in total. The van der Waals surface area contributed by atoms with Crippen LogP contribution < -0.4 is 4.72 Å². The lowest BCUT2D eigenvalue weighted by Gasteiger charge is -2.14. The largest absolute Gasteiger partial charge is 0.481 e. The van der Waals surface area contributed by atoms with E-state index in [9.17, 15) is 23.3 Å². The number of nitro groups is 1. The van der Waals surface area contributed by atoms with Gasteiger partial charge in [0.1, 0.15) is 0 Å². The van der Waals surface area contributed by atoms with Crippen molar-refractivity contribution in [3.63, 3.8) is 0 Å². The quantitative estimate of drug-likeness (QED) is 0.574. The molecular formula is C11H14N2O6S. The van der Waals surface area contributed by atoms with Gasteiger partial charge in [0.05, 0.1) is 16.2 Å². The summed E-state index contributed by atoms with van der Waals surface area (Å²) < 4.78 is 26.3. The fraction of sp³-hybridized carbons (Fsp3) is 0.364. The maximum absolute atomic E-state index is 12.0. The number of carbonyl (C=O) groups is 1. The Hall–Kier alpha value is -2.00. The maximum Gasteiger partial charge on any atom is 0.304 e. The first-order valence-corrected chi connectivity index (χ1v) is 7.23. The fourth-order valence-corrected chi connectivity index (χ4v) is 2.89. The second-order valence-corrected chi connectivity index (χ2v) is 5.79. The Kier molecular flexibility index (Phi) is 5.17. The second-order valence-electron chi connectivity index (χ2n) is 4.08. The van der Waals surface area contributed by atoms with Crippen molar-refractivity contribution < 1.29 is 23.2 Å². The van der Waals surface area contributed by atoms with Crippen LogP contribution in [0.25, 0.3) is 0 Å². The summed E-state index contributed by atoms with van der Waals surface area (Å²) in [4.78, 5) is 20.3. The molecule has 0 radical (unpaired) electrons. The van der Waals surface area contributed by atoms with Gasteiger partial charge in [-0.25, -0.2) is 13.1 Å². The van der Waals surface area contributed by atoms with Crippen molar-refractivity contribution in [1.29, 1.82) is 0 Å². The second kappa shape index (κ2) is 6.44. The van der Waals surface area contributed by atoms with Gasteiger partial charge in [0.25, 0.3) is 5.69 Å². The van der Waals surface area contributed by atoms with Crippen molar-refractivity contribution >= 4 is 21.7 Å². The molecule has 1 aromatic rings. The van der Waals surface area contributed by atoms with Crippen LogP contribution in [0, 0.1) is 10.1 Å². The molecule has 20 heavy (non-hydrogen) atoms. The van der Waals surface area contributed by atoms with Gasteiger partial charge in [-0.15, -0.1) is 0 Å². The Labute approximate surface area is 115 Å². The molecular weight excluding hydrogens is 288 g/mol. The standard InChI is InChI=1S/C11H14N2O6S/c1-2-8(6-11(14)15)12-20(18,19)10-5-3-4-9(7-10)13(16)17/h3-5,7-8,12H,2,6H2,1H3,(H,14,15). The highest BCUT2D eigenvalue weighted by Gasteiger charge is 2.22. The zero-order chi connectivity index (χ0) is 15.3. The predicted octanol–water partition coefficient (Wildman–Crippen LogP) is 1.13. The molecule has 0 aliphatic rings. The van der Waals surface area contributed by atoms with Crippen LogP contribution in [-0.4, -0.2) is 30.5 Å². The lowest BCUT2D eigenvalue weighted by Crippen LogP contribution is -2.36. The SMILES string of the molecule is CCC(CC(=O)O)NS(=O)(=O)c1cccc([N+](=O)[O-])c1. The fourth-order valence-electron chi connectivity index (χ4n) is 1.53. The van der Waals surface area contributed by atoms with Crippen LogP contribution >= 0.6 is 0 Å². The number of sulfonamides is 1. The van der Waals surface area contributed by atoms with E-state index in [-0.39, 0.29) is 17.0 Å². The van der Waals surface area contributed by atoms with E-state index in [1.807, 2.05) is 0 Å². The molecule has 1 atom stereocenters. The molecule has 0 saturated carbocycles. The summed E-state index contributed by atoms with van der Waals surface area (Å²) in [6.45, 7) is 1.64. The van der Waals surface area contributed by atoms with Crippen molar-refractivity contribution in [3.8, 4) is 0 Å². The minimum Gasteiger partial charge on any atom is -0.481 e. The number of rotatable bonds is 7. The van der Waals surface area contributed by atoms with Crippen LogP contribution in [-0.2, 0) is 14.8 Å². The van der Waals surface area contributed by atoms with Crippen LogP contribution in [0.2, 0.25) is 0 Å². The smallest absolute Gasteiger partial charge is 0.304 e. The minimum absolute atomic E-state index is 0.268. The Morgan fingerprint density at radius 3 is 2.65 bits per heavy atom. The summed E-state index contributed by atoms with van der Waals surface area (Å²) in [5, 5.41) is 19.3. The third-order valence-corrected chi connectivity index (χ3v) is 4.09. The number of benzene rings is 1. The van der Waals surface area contributed by atoms with Crippen molar-refractivity contribution in [2.45, 2.75) is 30.7 Å². The molecule has 0 fully saturated rings. The van der Waals surface area contributed by atoms with E-state index in [0.717, 1.165) is 6.07 Å². The van der Waals surface area contributed by atoms with E-state index < -0.39 is 27.0 Å². The lowest BCUT2D eigenvalue weighted by atomic mass is 10.2. The molecule has 1 aromatic carbocycles. The average Bonchev–Trinajstić information content (AvgIpc) is 2.37. The topological polar surface area (TPSA) is 127 Å². The molecule has 1 rings (SSSR count). The number of nitro benzene ring substituents is 1. The molecule has 0 aliphatic carbocycles. The van der Waals surface area contributed by atoms with Gasteiger partial charge in [-0.3, -0.25) is 14.9 Å². The molecule has 0 aliphatic heterocycles. The van der Waals surface area contributed by atoms with Crippen LogP contribution in [0.4, 0.5) is 5.69 Å². The van der Waals surface area contributed by atoms with Gasteiger partial charge in [-0.1, -0.05) is 13.0 Å². The molecule has 0 amide bonds. The number of carboxylic acids is 1. The van der Waals surface area contributed by atoms with Crippen LogP contribution in [0.5, 0.6) is 0 Å². The van der Waals surface area contributed by atoms with Crippen molar-refractivity contribution in [3.05, 3.63) is 34.4 Å². The molecule has 9 heteroatoms. The highest BCUT2D eigenvalue weighted by molar-refractivity contribution is 7.89. The number of non-ortho nitro benzene ring substituents is 1. The summed E-state index contributed by atoms with van der Waals surface area (Å²) in [6, 6.07) is 3.80. The molecule has 0 bridgehead atoms. The van der Waals surface area contributed by atoms with Gasteiger partial charge in [0.15, 0.2) is 0 Å². The van der Waals surface area contributed by atoms with Crippen molar-refractivity contribution in [2.75, 3.05) is 0 Å². The molecule has 1 unspecified atom stereocenters. The Morgan fingerprint density at radius 2 is 2.15 bits per heavy atom. The molecule has 0 saturated heterocycles. The summed E-state index contributed by atoms with van der Waals surface area (Å²) in [7, 11) is -3.99. The third kappa shape index (κ3) is 4.28. The maximum atomic E-state index is 12.0. The van der Waals surface area contributed by atoms with Crippen LogP contribution in [0.1, 0.15) is 19.8 Å². The van der Waals surface area contributed by atoms with Gasteiger partial charge in [0, 0.05) is 18.2 Å². The summed E-state index contributed by atoms with van der Waals surface area (Å²) in [5.41, 5.74) is -0.348. The normalized spacial score (nSPS) is 12.8. The minimum atomic E-state index is -3.99. The van der Waals surface area contributed by atoms with Gasteiger partial charge in [-0.05, 0) is 12.5 Å². The first-order valence-electron chi connectivity index (χ1n) is 5.75.